The topological polar surface area (TPSA) is 74.6 Å². The van der Waals surface area contributed by atoms with Crippen molar-refractivity contribution in [1.29, 1.82) is 0 Å². The van der Waals surface area contributed by atoms with Crippen LogP contribution in [0.15, 0.2) is 84.9 Å². The Kier molecular flexibility index (Phi) is 8.33. The van der Waals surface area contributed by atoms with E-state index < -0.39 is 11.9 Å². The molecule has 0 atom stereocenters. The van der Waals surface area contributed by atoms with Crippen molar-refractivity contribution in [3.8, 4) is 0 Å². The molecule has 0 unspecified atom stereocenters. The third-order valence-electron chi connectivity index (χ3n) is 4.60. The maximum atomic E-state index is 11.5. The van der Waals surface area contributed by atoms with Gasteiger partial charge in [-0.15, -0.1) is 0 Å². The molecule has 4 heteroatoms. The molecule has 0 saturated heterocycles. The van der Waals surface area contributed by atoms with Crippen molar-refractivity contribution < 1.29 is 19.8 Å². The summed E-state index contributed by atoms with van der Waals surface area (Å²) in [7, 11) is 0. The summed E-state index contributed by atoms with van der Waals surface area (Å²) in [6, 6.07) is 26.3. The zero-order valence-corrected chi connectivity index (χ0v) is 18.1. The Labute approximate surface area is 183 Å². The fraction of sp³-hybridized carbons (Fsp3) is 0.185. The minimum Gasteiger partial charge on any atom is -0.481 e. The summed E-state index contributed by atoms with van der Waals surface area (Å²) in [6.07, 6.45) is 1.82. The molecule has 2 N–H and O–H groups in total. The molecule has 3 aromatic carbocycles. The molecule has 0 spiro atoms. The second-order valence-electron chi connectivity index (χ2n) is 8.16. The highest BCUT2D eigenvalue weighted by Gasteiger charge is 2.13. The first-order chi connectivity index (χ1) is 14.7. The first-order valence-corrected chi connectivity index (χ1v) is 10.0. The normalized spacial score (nSPS) is 11.3. The van der Waals surface area contributed by atoms with Crippen LogP contribution in [0, 0.1) is 0 Å². The van der Waals surface area contributed by atoms with E-state index in [-0.39, 0.29) is 11.8 Å². The fourth-order valence-electron chi connectivity index (χ4n) is 2.90. The van der Waals surface area contributed by atoms with E-state index in [1.165, 1.54) is 5.56 Å². The molecular weight excluding hydrogens is 388 g/mol. The molecule has 0 aliphatic carbocycles. The first kappa shape index (κ1) is 23.6. The predicted molar refractivity (Wildman–Crippen MR) is 125 cm³/mol. The molecule has 0 aromatic heterocycles. The number of hydrogen-bond acceptors (Lipinski definition) is 2. The Balaban J connectivity index is 0.000000285. The molecule has 0 radical (unpaired) electrons. The van der Waals surface area contributed by atoms with Crippen molar-refractivity contribution in [2.45, 2.75) is 32.6 Å². The number of carboxylic acid groups (broad SMARTS) is 2. The lowest BCUT2D eigenvalue weighted by molar-refractivity contribution is -0.136. The van der Waals surface area contributed by atoms with Crippen molar-refractivity contribution in [2.24, 2.45) is 0 Å². The van der Waals surface area contributed by atoms with Crippen LogP contribution in [0.5, 0.6) is 0 Å². The second-order valence-corrected chi connectivity index (χ2v) is 8.16. The van der Waals surface area contributed by atoms with E-state index in [1.54, 1.807) is 18.2 Å². The largest absolute Gasteiger partial charge is 0.481 e. The molecule has 4 nitrogen and oxygen atoms in total. The smallest absolute Gasteiger partial charge is 0.336 e. The van der Waals surface area contributed by atoms with Crippen LogP contribution < -0.4 is 0 Å². The number of rotatable bonds is 5. The van der Waals surface area contributed by atoms with Crippen LogP contribution in [0.3, 0.4) is 0 Å². The molecule has 0 saturated carbocycles. The third kappa shape index (κ3) is 7.94. The number of aliphatic carboxylic acids is 2. The van der Waals surface area contributed by atoms with Crippen molar-refractivity contribution in [3.63, 3.8) is 0 Å². The van der Waals surface area contributed by atoms with Gasteiger partial charge in [0.25, 0.3) is 0 Å². The van der Waals surface area contributed by atoms with E-state index in [0.29, 0.717) is 11.1 Å². The van der Waals surface area contributed by atoms with Crippen molar-refractivity contribution in [3.05, 3.63) is 107 Å². The van der Waals surface area contributed by atoms with Gasteiger partial charge >= 0.3 is 11.9 Å². The lowest BCUT2D eigenvalue weighted by Crippen LogP contribution is -2.10. The van der Waals surface area contributed by atoms with Gasteiger partial charge < -0.3 is 10.2 Å². The summed E-state index contributed by atoms with van der Waals surface area (Å²) in [6.45, 7) is 6.47. The average molecular weight is 417 g/mol. The summed E-state index contributed by atoms with van der Waals surface area (Å²) in [4.78, 5) is 21.6. The Hall–Kier alpha value is -3.66. The lowest BCUT2D eigenvalue weighted by Gasteiger charge is -2.18. The minimum atomic E-state index is -0.916. The molecule has 3 rings (SSSR count). The fourth-order valence-corrected chi connectivity index (χ4v) is 2.90. The highest BCUT2D eigenvalue weighted by atomic mass is 16.4. The van der Waals surface area contributed by atoms with Crippen LogP contribution in [0.25, 0.3) is 11.6 Å². The highest BCUT2D eigenvalue weighted by molar-refractivity contribution is 6.20. The van der Waals surface area contributed by atoms with Gasteiger partial charge in [-0.05, 0) is 33.7 Å². The predicted octanol–water partition coefficient (Wildman–Crippen LogP) is 5.92. The molecular formula is C27H28O4. The van der Waals surface area contributed by atoms with Crippen LogP contribution in [0.2, 0.25) is 0 Å². The van der Waals surface area contributed by atoms with E-state index in [9.17, 15) is 14.7 Å². The van der Waals surface area contributed by atoms with Gasteiger partial charge in [-0.2, -0.15) is 0 Å². The molecule has 31 heavy (non-hydrogen) atoms. The van der Waals surface area contributed by atoms with Crippen LogP contribution in [0.4, 0.5) is 0 Å². The molecule has 160 valence electrons. The molecule has 0 aliphatic heterocycles. The maximum Gasteiger partial charge on any atom is 0.336 e. The second kappa shape index (κ2) is 10.9. The molecule has 0 heterocycles. The van der Waals surface area contributed by atoms with E-state index >= 15 is 0 Å². The van der Waals surface area contributed by atoms with Crippen LogP contribution in [-0.2, 0) is 21.4 Å². The third-order valence-corrected chi connectivity index (χ3v) is 4.60. The zero-order chi connectivity index (χ0) is 22.9. The SMILES string of the molecule is CC(C)(C)c1ccc(C=C(C(=O)O)c2ccccc2)cc1.O=C(O)Cc1ccccc1. The van der Waals surface area contributed by atoms with Gasteiger partial charge in [0, 0.05) is 0 Å². The quantitative estimate of drug-likeness (QED) is 0.400. The van der Waals surface area contributed by atoms with Gasteiger partial charge in [0.05, 0.1) is 12.0 Å². The van der Waals surface area contributed by atoms with Gasteiger partial charge in [-0.25, -0.2) is 4.79 Å². The maximum absolute atomic E-state index is 11.5. The molecule has 0 aliphatic rings. The minimum absolute atomic E-state index is 0.0945. The van der Waals surface area contributed by atoms with E-state index in [4.69, 9.17) is 5.11 Å². The summed E-state index contributed by atoms with van der Waals surface area (Å²) < 4.78 is 0. The number of carboxylic acids is 2. The van der Waals surface area contributed by atoms with Crippen LogP contribution in [-0.4, -0.2) is 22.2 Å². The van der Waals surface area contributed by atoms with E-state index in [0.717, 1.165) is 11.1 Å². The molecule has 0 fully saturated rings. The molecule has 0 amide bonds. The van der Waals surface area contributed by atoms with E-state index in [1.807, 2.05) is 60.7 Å². The van der Waals surface area contributed by atoms with Crippen molar-refractivity contribution in [2.75, 3.05) is 0 Å². The van der Waals surface area contributed by atoms with Gasteiger partial charge in [-0.3, -0.25) is 4.79 Å². The first-order valence-electron chi connectivity index (χ1n) is 10.0. The number of benzene rings is 3. The summed E-state index contributed by atoms with van der Waals surface area (Å²) in [5, 5.41) is 17.8. The van der Waals surface area contributed by atoms with E-state index in [2.05, 4.69) is 32.9 Å². The summed E-state index contributed by atoms with van der Waals surface area (Å²) >= 11 is 0. The Bertz CT molecular complexity index is 1010. The average Bonchev–Trinajstić information content (AvgIpc) is 2.73. The van der Waals surface area contributed by atoms with Crippen LogP contribution in [0.1, 0.15) is 43.0 Å². The summed E-state index contributed by atoms with van der Waals surface area (Å²) in [5.74, 6) is -1.70. The highest BCUT2D eigenvalue weighted by Crippen LogP contribution is 2.24. The van der Waals surface area contributed by atoms with Gasteiger partial charge in [-0.1, -0.05) is 106 Å². The Morgan fingerprint density at radius 2 is 1.29 bits per heavy atom. The van der Waals surface area contributed by atoms with Crippen molar-refractivity contribution >= 4 is 23.6 Å². The van der Waals surface area contributed by atoms with Gasteiger partial charge in [0.2, 0.25) is 0 Å². The standard InChI is InChI=1S/C19H20O2.C8H8O2/c1-19(2,3)16-11-9-14(10-12-16)13-17(18(20)21)15-7-5-4-6-8-15;9-8(10)6-7-4-2-1-3-5-7/h4-13H,1-3H3,(H,20,21);1-5H,6H2,(H,9,10). The summed E-state index contributed by atoms with van der Waals surface area (Å²) in [5.41, 5.74) is 4.08. The monoisotopic (exact) mass is 416 g/mol. The lowest BCUT2D eigenvalue weighted by atomic mass is 9.86. The molecule has 3 aromatic rings. The van der Waals surface area contributed by atoms with Crippen molar-refractivity contribution in [1.82, 2.24) is 0 Å². The Morgan fingerprint density at radius 3 is 1.74 bits per heavy atom. The number of hydrogen-bond donors (Lipinski definition) is 2. The number of carbonyl (C=O) groups is 2. The molecule has 0 bridgehead atoms. The van der Waals surface area contributed by atoms with Gasteiger partial charge in [0.15, 0.2) is 0 Å². The zero-order valence-electron chi connectivity index (χ0n) is 18.1. The Morgan fingerprint density at radius 1 is 0.774 bits per heavy atom. The van der Waals surface area contributed by atoms with Gasteiger partial charge in [0.1, 0.15) is 0 Å². The van der Waals surface area contributed by atoms with Crippen LogP contribution >= 0.6 is 0 Å².